The van der Waals surface area contributed by atoms with Gasteiger partial charge in [-0.05, 0) is 30.9 Å². The highest BCUT2D eigenvalue weighted by atomic mass is 32.2. The minimum Gasteiger partial charge on any atom is -0.350 e. The normalized spacial score (nSPS) is 16.5. The zero-order chi connectivity index (χ0) is 14.8. The summed E-state index contributed by atoms with van der Waals surface area (Å²) in [7, 11) is -3.42. The molecule has 0 heterocycles. The Balaban J connectivity index is 2.04. The fraction of sp³-hybridized carbons (Fsp3) is 0.462. The summed E-state index contributed by atoms with van der Waals surface area (Å²) in [5.74, 6) is 0.174. The van der Waals surface area contributed by atoms with Crippen LogP contribution in [-0.4, -0.2) is 33.2 Å². The first kappa shape index (κ1) is 14.8. The Morgan fingerprint density at radius 1 is 1.40 bits per heavy atom. The molecule has 0 aliphatic heterocycles. The molecule has 0 radical (unpaired) electrons. The Labute approximate surface area is 118 Å². The van der Waals surface area contributed by atoms with Crippen LogP contribution in [0.5, 0.6) is 0 Å². The maximum absolute atomic E-state index is 12.1. The van der Waals surface area contributed by atoms with Crippen LogP contribution in [0.4, 0.5) is 5.69 Å². The van der Waals surface area contributed by atoms with E-state index >= 15 is 0 Å². The molecule has 1 atom stereocenters. The van der Waals surface area contributed by atoms with E-state index in [1.165, 1.54) is 0 Å². The number of rotatable bonds is 6. The number of hydrogen-bond donors (Lipinski definition) is 3. The fourth-order valence-electron chi connectivity index (χ4n) is 1.97. The predicted molar refractivity (Wildman–Crippen MR) is 77.9 cm³/mol. The summed E-state index contributed by atoms with van der Waals surface area (Å²) in [6, 6.07) is 6.44. The van der Waals surface area contributed by atoms with Gasteiger partial charge in [-0.2, -0.15) is 0 Å². The Bertz CT molecular complexity index is 597. The van der Waals surface area contributed by atoms with Crippen molar-refractivity contribution in [2.75, 3.05) is 17.5 Å². The summed E-state index contributed by atoms with van der Waals surface area (Å²) in [6.07, 6.45) is 3.28. The van der Waals surface area contributed by atoms with Crippen molar-refractivity contribution in [3.8, 4) is 0 Å². The molecule has 1 amide bonds. The first-order chi connectivity index (χ1) is 9.37. The molecule has 110 valence electrons. The van der Waals surface area contributed by atoms with Gasteiger partial charge < -0.3 is 11.1 Å². The van der Waals surface area contributed by atoms with E-state index in [1.54, 1.807) is 24.3 Å². The summed E-state index contributed by atoms with van der Waals surface area (Å²) < 4.78 is 24.9. The topological polar surface area (TPSA) is 101 Å². The molecule has 0 aromatic heterocycles. The van der Waals surface area contributed by atoms with Gasteiger partial charge in [-0.25, -0.2) is 8.42 Å². The molecule has 20 heavy (non-hydrogen) atoms. The average Bonchev–Trinajstić information content (AvgIpc) is 3.18. The van der Waals surface area contributed by atoms with Crippen LogP contribution < -0.4 is 15.8 Å². The van der Waals surface area contributed by atoms with Crippen LogP contribution in [0, 0.1) is 5.92 Å². The van der Waals surface area contributed by atoms with Gasteiger partial charge in [-0.15, -0.1) is 0 Å². The molecule has 0 spiro atoms. The minimum atomic E-state index is -3.42. The van der Waals surface area contributed by atoms with Crippen molar-refractivity contribution < 1.29 is 13.2 Å². The maximum atomic E-state index is 12.1. The van der Waals surface area contributed by atoms with Gasteiger partial charge in [0.15, 0.2) is 0 Å². The van der Waals surface area contributed by atoms with Gasteiger partial charge in [0.05, 0.1) is 17.5 Å². The van der Waals surface area contributed by atoms with Crippen molar-refractivity contribution in [2.45, 2.75) is 18.9 Å². The third-order valence-corrected chi connectivity index (χ3v) is 3.78. The number of amides is 1. The van der Waals surface area contributed by atoms with Crippen LogP contribution in [0.3, 0.4) is 0 Å². The summed E-state index contributed by atoms with van der Waals surface area (Å²) in [5.41, 5.74) is 6.48. The molecule has 2 rings (SSSR count). The Kier molecular flexibility index (Phi) is 4.29. The van der Waals surface area contributed by atoms with Gasteiger partial charge in [0.25, 0.3) is 5.91 Å². The SMILES string of the molecule is CS(=O)(=O)Nc1ccccc1C(=O)NCC(N)C1CC1. The zero-order valence-corrected chi connectivity index (χ0v) is 12.1. The van der Waals surface area contributed by atoms with E-state index in [-0.39, 0.29) is 17.6 Å². The standard InChI is InChI=1S/C13H19N3O3S/c1-20(18,19)16-12-5-3-2-4-10(12)13(17)15-8-11(14)9-6-7-9/h2-5,9,11,16H,6-8,14H2,1H3,(H,15,17). The lowest BCUT2D eigenvalue weighted by atomic mass is 10.1. The van der Waals surface area contributed by atoms with Gasteiger partial charge >= 0.3 is 0 Å². The first-order valence-electron chi connectivity index (χ1n) is 6.47. The molecule has 0 bridgehead atoms. The average molecular weight is 297 g/mol. The summed E-state index contributed by atoms with van der Waals surface area (Å²) in [4.78, 5) is 12.1. The predicted octanol–water partition coefficient (Wildman–Crippen LogP) is 0.525. The second kappa shape index (κ2) is 5.80. The van der Waals surface area contributed by atoms with E-state index in [1.807, 2.05) is 0 Å². The second-order valence-electron chi connectivity index (χ2n) is 5.13. The number of sulfonamides is 1. The van der Waals surface area contributed by atoms with Crippen LogP contribution in [0.1, 0.15) is 23.2 Å². The molecule has 6 nitrogen and oxygen atoms in total. The van der Waals surface area contributed by atoms with Crippen LogP contribution in [-0.2, 0) is 10.0 Å². The number of hydrogen-bond acceptors (Lipinski definition) is 4. The van der Waals surface area contributed by atoms with Gasteiger partial charge in [-0.1, -0.05) is 12.1 Å². The molecule has 1 aliphatic rings. The number of carbonyl (C=O) groups excluding carboxylic acids is 1. The van der Waals surface area contributed by atoms with E-state index in [0.717, 1.165) is 19.1 Å². The maximum Gasteiger partial charge on any atom is 0.253 e. The molecule has 1 fully saturated rings. The molecule has 1 saturated carbocycles. The lowest BCUT2D eigenvalue weighted by molar-refractivity contribution is 0.0951. The van der Waals surface area contributed by atoms with Crippen molar-refractivity contribution in [3.63, 3.8) is 0 Å². The molecule has 4 N–H and O–H groups in total. The van der Waals surface area contributed by atoms with Crippen molar-refractivity contribution in [2.24, 2.45) is 11.7 Å². The van der Waals surface area contributed by atoms with E-state index in [4.69, 9.17) is 5.73 Å². The van der Waals surface area contributed by atoms with Gasteiger partial charge in [-0.3, -0.25) is 9.52 Å². The summed E-state index contributed by atoms with van der Waals surface area (Å²) in [5, 5.41) is 2.75. The Hall–Kier alpha value is -1.60. The zero-order valence-electron chi connectivity index (χ0n) is 11.3. The molecule has 1 unspecified atom stereocenters. The number of nitrogens with two attached hydrogens (primary N) is 1. The molecule has 7 heteroatoms. The third kappa shape index (κ3) is 4.21. The van der Waals surface area contributed by atoms with E-state index in [2.05, 4.69) is 10.0 Å². The third-order valence-electron chi connectivity index (χ3n) is 3.19. The largest absolute Gasteiger partial charge is 0.350 e. The van der Waals surface area contributed by atoms with Crippen LogP contribution in [0.2, 0.25) is 0 Å². The fourth-order valence-corrected chi connectivity index (χ4v) is 2.54. The lowest BCUT2D eigenvalue weighted by Crippen LogP contribution is -2.38. The van der Waals surface area contributed by atoms with E-state index in [9.17, 15) is 13.2 Å². The number of para-hydroxylation sites is 1. The van der Waals surface area contributed by atoms with Gasteiger partial charge in [0, 0.05) is 12.6 Å². The van der Waals surface area contributed by atoms with E-state index in [0.29, 0.717) is 18.0 Å². The van der Waals surface area contributed by atoms with Crippen molar-refractivity contribution in [3.05, 3.63) is 29.8 Å². The lowest BCUT2D eigenvalue weighted by Gasteiger charge is -2.14. The number of benzene rings is 1. The molecule has 1 aromatic carbocycles. The van der Waals surface area contributed by atoms with Crippen molar-refractivity contribution in [1.29, 1.82) is 0 Å². The quantitative estimate of drug-likeness (QED) is 0.712. The van der Waals surface area contributed by atoms with Crippen molar-refractivity contribution in [1.82, 2.24) is 5.32 Å². The number of anilines is 1. The first-order valence-corrected chi connectivity index (χ1v) is 8.36. The second-order valence-corrected chi connectivity index (χ2v) is 6.88. The van der Waals surface area contributed by atoms with Crippen LogP contribution in [0.15, 0.2) is 24.3 Å². The molecule has 1 aliphatic carbocycles. The number of carbonyl (C=O) groups is 1. The number of nitrogens with one attached hydrogen (secondary N) is 2. The van der Waals surface area contributed by atoms with Gasteiger partial charge in [0.2, 0.25) is 10.0 Å². The summed E-state index contributed by atoms with van der Waals surface area (Å²) >= 11 is 0. The summed E-state index contributed by atoms with van der Waals surface area (Å²) in [6.45, 7) is 0.400. The Morgan fingerprint density at radius 2 is 2.05 bits per heavy atom. The van der Waals surface area contributed by atoms with Crippen LogP contribution >= 0.6 is 0 Å². The minimum absolute atomic E-state index is 0.0334. The van der Waals surface area contributed by atoms with E-state index < -0.39 is 10.0 Å². The molecular weight excluding hydrogens is 278 g/mol. The smallest absolute Gasteiger partial charge is 0.253 e. The Morgan fingerprint density at radius 3 is 2.65 bits per heavy atom. The molecule has 1 aromatic rings. The highest BCUT2D eigenvalue weighted by molar-refractivity contribution is 7.92. The monoisotopic (exact) mass is 297 g/mol. The van der Waals surface area contributed by atoms with Crippen LogP contribution in [0.25, 0.3) is 0 Å². The van der Waals surface area contributed by atoms with Gasteiger partial charge in [0.1, 0.15) is 0 Å². The highest BCUT2D eigenvalue weighted by Gasteiger charge is 2.28. The highest BCUT2D eigenvalue weighted by Crippen LogP contribution is 2.31. The molecular formula is C13H19N3O3S. The molecule has 0 saturated heterocycles. The van der Waals surface area contributed by atoms with Crippen molar-refractivity contribution >= 4 is 21.6 Å².